The van der Waals surface area contributed by atoms with Gasteiger partial charge in [0.2, 0.25) is 0 Å². The van der Waals surface area contributed by atoms with Gasteiger partial charge < -0.3 is 10.2 Å². The molecular weight excluding hydrogens is 501 g/mol. The first-order chi connectivity index (χ1) is 17.9. The predicted molar refractivity (Wildman–Crippen MR) is 136 cm³/mol. The van der Waals surface area contributed by atoms with E-state index in [2.05, 4.69) is 5.32 Å². The number of anilines is 2. The van der Waals surface area contributed by atoms with E-state index in [0.29, 0.717) is 42.0 Å². The lowest BCUT2D eigenvalue weighted by atomic mass is 10.1. The van der Waals surface area contributed by atoms with Crippen LogP contribution >= 0.6 is 0 Å². The number of alkyl halides is 3. The molecule has 0 unspecified atom stereocenters. The molecule has 3 aromatic carbocycles. The Hall–Kier alpha value is -4.41. The van der Waals surface area contributed by atoms with Gasteiger partial charge in [-0.3, -0.25) is 19.8 Å². The number of hydrogen-bond acceptors (Lipinski definition) is 4. The van der Waals surface area contributed by atoms with E-state index in [4.69, 9.17) is 0 Å². The van der Waals surface area contributed by atoms with Crippen LogP contribution in [0.5, 0.6) is 0 Å². The van der Waals surface area contributed by atoms with Crippen molar-refractivity contribution in [1.29, 1.82) is 0 Å². The van der Waals surface area contributed by atoms with Crippen molar-refractivity contribution in [3.63, 3.8) is 0 Å². The number of nitro groups is 1. The molecule has 198 valence electrons. The largest absolute Gasteiger partial charge is 0.416 e. The predicted octanol–water partition coefficient (Wildman–Crippen LogP) is 6.32. The Balaban J connectivity index is 1.58. The highest BCUT2D eigenvalue weighted by atomic mass is 19.4. The van der Waals surface area contributed by atoms with Gasteiger partial charge in [-0.15, -0.1) is 0 Å². The summed E-state index contributed by atoms with van der Waals surface area (Å²) in [7, 11) is 0. The third-order valence-electron chi connectivity index (χ3n) is 6.30. The molecule has 0 saturated carbocycles. The van der Waals surface area contributed by atoms with E-state index in [-0.39, 0.29) is 17.8 Å². The Morgan fingerprint density at radius 3 is 2.53 bits per heavy atom. The van der Waals surface area contributed by atoms with Crippen LogP contribution in [0.1, 0.15) is 39.0 Å². The summed E-state index contributed by atoms with van der Waals surface area (Å²) in [5.74, 6) is -0.578. The molecule has 1 heterocycles. The molecule has 1 saturated heterocycles. The van der Waals surface area contributed by atoms with E-state index < -0.39 is 28.6 Å². The summed E-state index contributed by atoms with van der Waals surface area (Å²) in [6.07, 6.45) is -3.92. The highest BCUT2D eigenvalue weighted by Gasteiger charge is 2.32. The number of halogens is 3. The number of urea groups is 1. The maximum Gasteiger partial charge on any atom is 0.416 e. The smallest absolute Gasteiger partial charge is 0.320 e. The first kappa shape index (κ1) is 26.6. The number of amides is 3. The molecule has 3 aromatic rings. The van der Waals surface area contributed by atoms with Crippen LogP contribution in [0.15, 0.2) is 60.7 Å². The van der Waals surface area contributed by atoms with E-state index >= 15 is 0 Å². The van der Waals surface area contributed by atoms with Crippen molar-refractivity contribution in [2.75, 3.05) is 23.3 Å². The molecule has 3 amide bonds. The molecule has 0 spiro atoms. The monoisotopic (exact) mass is 526 g/mol. The van der Waals surface area contributed by atoms with Crippen LogP contribution in [0.2, 0.25) is 0 Å². The highest BCUT2D eigenvalue weighted by molar-refractivity contribution is 6.08. The molecule has 1 aliphatic rings. The molecule has 4 rings (SSSR count). The first-order valence-electron chi connectivity index (χ1n) is 11.8. The number of nitrogens with one attached hydrogen (secondary N) is 1. The summed E-state index contributed by atoms with van der Waals surface area (Å²) in [6, 6.07) is 13.8. The first-order valence-corrected chi connectivity index (χ1v) is 11.8. The van der Waals surface area contributed by atoms with Gasteiger partial charge in [0, 0.05) is 36.8 Å². The topological polar surface area (TPSA) is 95.8 Å². The second kappa shape index (κ2) is 10.5. The summed E-state index contributed by atoms with van der Waals surface area (Å²) in [5.41, 5.74) is 1.47. The normalized spacial score (nSPS) is 14.0. The van der Waals surface area contributed by atoms with Crippen LogP contribution in [-0.4, -0.2) is 34.9 Å². The molecule has 1 fully saturated rings. The molecule has 0 atom stereocenters. The van der Waals surface area contributed by atoms with Gasteiger partial charge in [-0.05, 0) is 61.7 Å². The number of benzene rings is 3. The number of hydrogen-bond donors (Lipinski definition) is 1. The lowest BCUT2D eigenvalue weighted by Crippen LogP contribution is -2.49. The second-order valence-electron chi connectivity index (χ2n) is 9.14. The van der Waals surface area contributed by atoms with Crippen LogP contribution in [-0.2, 0) is 12.7 Å². The van der Waals surface area contributed by atoms with Crippen molar-refractivity contribution in [1.82, 2.24) is 4.90 Å². The van der Waals surface area contributed by atoms with Gasteiger partial charge >= 0.3 is 12.2 Å². The van der Waals surface area contributed by atoms with Crippen molar-refractivity contribution in [3.05, 3.63) is 98.6 Å². The minimum Gasteiger partial charge on any atom is -0.320 e. The second-order valence-corrected chi connectivity index (χ2v) is 9.14. The molecule has 0 bridgehead atoms. The van der Waals surface area contributed by atoms with Gasteiger partial charge in [0.25, 0.3) is 11.6 Å². The maximum atomic E-state index is 13.4. The quantitative estimate of drug-likeness (QED) is 0.301. The fraction of sp³-hybridized carbons (Fsp3) is 0.259. The Bertz CT molecular complexity index is 1410. The number of rotatable bonds is 6. The summed E-state index contributed by atoms with van der Waals surface area (Å²) >= 11 is 0. The summed E-state index contributed by atoms with van der Waals surface area (Å²) in [5, 5.41) is 14.1. The Labute approximate surface area is 216 Å². The lowest BCUT2D eigenvalue weighted by molar-refractivity contribution is -0.385. The van der Waals surface area contributed by atoms with E-state index in [1.165, 1.54) is 34.1 Å². The van der Waals surface area contributed by atoms with Crippen LogP contribution in [0.3, 0.4) is 0 Å². The molecule has 0 aliphatic carbocycles. The summed E-state index contributed by atoms with van der Waals surface area (Å²) in [6.45, 7) is 4.10. The molecule has 11 heteroatoms. The SMILES string of the molecule is Cc1ccc(N2CCCN(Cc3cccc(C(F)(F)F)c3)C2=O)c(NC(=O)c2ccc(C)c([N+](=O)[O-])c2)c1. The zero-order valence-corrected chi connectivity index (χ0v) is 20.7. The van der Waals surface area contributed by atoms with Crippen molar-refractivity contribution in [2.45, 2.75) is 33.0 Å². The van der Waals surface area contributed by atoms with E-state index in [9.17, 15) is 32.9 Å². The lowest BCUT2D eigenvalue weighted by Gasteiger charge is -2.36. The van der Waals surface area contributed by atoms with Crippen LogP contribution < -0.4 is 10.2 Å². The zero-order valence-electron chi connectivity index (χ0n) is 20.7. The zero-order chi connectivity index (χ0) is 27.6. The van der Waals surface area contributed by atoms with Crippen LogP contribution in [0.4, 0.5) is 35.0 Å². The standard InChI is InChI=1S/C27H25F3N4O4/c1-17-7-10-23(22(13-17)31-25(35)20-9-8-18(2)24(15-20)34(37)38)33-12-4-11-32(26(33)36)16-19-5-3-6-21(14-19)27(28,29)30/h3,5-10,13-15H,4,11-12,16H2,1-2H3,(H,31,35). The van der Waals surface area contributed by atoms with Gasteiger partial charge in [-0.25, -0.2) is 4.79 Å². The fourth-order valence-electron chi connectivity index (χ4n) is 4.35. The van der Waals surface area contributed by atoms with Crippen LogP contribution in [0, 0.1) is 24.0 Å². The minimum atomic E-state index is -4.49. The molecule has 8 nitrogen and oxygen atoms in total. The van der Waals surface area contributed by atoms with Crippen molar-refractivity contribution >= 4 is 29.0 Å². The molecule has 38 heavy (non-hydrogen) atoms. The van der Waals surface area contributed by atoms with E-state index in [1.807, 2.05) is 6.92 Å². The van der Waals surface area contributed by atoms with Gasteiger partial charge in [0.05, 0.1) is 21.9 Å². The van der Waals surface area contributed by atoms with Crippen molar-refractivity contribution < 1.29 is 27.7 Å². The minimum absolute atomic E-state index is 0.000158. The van der Waals surface area contributed by atoms with E-state index in [1.54, 1.807) is 31.2 Å². The highest BCUT2D eigenvalue weighted by Crippen LogP contribution is 2.32. The fourth-order valence-corrected chi connectivity index (χ4v) is 4.35. The third-order valence-corrected chi connectivity index (χ3v) is 6.30. The maximum absolute atomic E-state index is 13.4. The van der Waals surface area contributed by atoms with Gasteiger partial charge in [-0.1, -0.05) is 24.3 Å². The Kier molecular flexibility index (Phi) is 7.38. The molecule has 0 radical (unpaired) electrons. The summed E-state index contributed by atoms with van der Waals surface area (Å²) in [4.78, 5) is 40.1. The van der Waals surface area contributed by atoms with Gasteiger partial charge in [0.1, 0.15) is 0 Å². The average molecular weight is 527 g/mol. The average Bonchev–Trinajstić information content (AvgIpc) is 2.85. The number of carbonyl (C=O) groups is 2. The number of aryl methyl sites for hydroxylation is 2. The van der Waals surface area contributed by atoms with Crippen LogP contribution in [0.25, 0.3) is 0 Å². The van der Waals surface area contributed by atoms with Crippen molar-refractivity contribution in [3.8, 4) is 0 Å². The number of nitro benzene ring substituents is 1. The third kappa shape index (κ3) is 5.77. The Morgan fingerprint density at radius 2 is 1.82 bits per heavy atom. The van der Waals surface area contributed by atoms with Crippen molar-refractivity contribution in [2.24, 2.45) is 0 Å². The number of carbonyl (C=O) groups excluding carboxylic acids is 2. The molecule has 0 aromatic heterocycles. The van der Waals surface area contributed by atoms with Gasteiger partial charge in [-0.2, -0.15) is 13.2 Å². The summed E-state index contributed by atoms with van der Waals surface area (Å²) < 4.78 is 39.4. The number of nitrogens with zero attached hydrogens (tertiary/aromatic N) is 3. The molecule has 1 N–H and O–H groups in total. The molecule has 1 aliphatic heterocycles. The van der Waals surface area contributed by atoms with Gasteiger partial charge in [0.15, 0.2) is 0 Å². The molecular formula is C27H25F3N4O4. The van der Waals surface area contributed by atoms with E-state index in [0.717, 1.165) is 17.7 Å². The Morgan fingerprint density at radius 1 is 1.05 bits per heavy atom.